The third-order valence-electron chi connectivity index (χ3n) is 8.21. The van der Waals surface area contributed by atoms with Crippen molar-refractivity contribution >= 4 is 49.9 Å². The summed E-state index contributed by atoms with van der Waals surface area (Å²) in [5, 5.41) is 12.0. The monoisotopic (exact) mass is 582 g/mol. The molecular weight excluding hydrogens is 544 g/mol. The molecule has 3 aromatic heterocycles. The van der Waals surface area contributed by atoms with Gasteiger partial charge in [-0.15, -0.1) is 22.7 Å². The minimum atomic E-state index is -0.561. The second-order valence-electron chi connectivity index (χ2n) is 12.2. The van der Waals surface area contributed by atoms with Crippen LogP contribution in [0.15, 0.2) is 18.5 Å². The van der Waals surface area contributed by atoms with Crippen molar-refractivity contribution in [2.24, 2.45) is 11.8 Å². The van der Waals surface area contributed by atoms with E-state index in [1.54, 1.807) is 40.0 Å². The molecule has 1 saturated carbocycles. The second kappa shape index (κ2) is 11.0. The lowest BCUT2D eigenvalue weighted by molar-refractivity contribution is -0.116. The zero-order valence-corrected chi connectivity index (χ0v) is 25.2. The first-order chi connectivity index (χ1) is 19.2. The van der Waals surface area contributed by atoms with Gasteiger partial charge >= 0.3 is 6.09 Å². The van der Waals surface area contributed by atoms with Crippen LogP contribution < -0.4 is 16.0 Å². The molecule has 0 spiro atoms. The Kier molecular flexibility index (Phi) is 7.58. The molecule has 2 fully saturated rings. The lowest BCUT2D eigenvalue weighted by Gasteiger charge is -2.35. The van der Waals surface area contributed by atoms with Crippen LogP contribution in [0, 0.1) is 11.8 Å². The Morgan fingerprint density at radius 3 is 2.70 bits per heavy atom. The third-order valence-corrected chi connectivity index (χ3v) is 10.6. The molecule has 2 amide bonds. The van der Waals surface area contributed by atoms with E-state index in [0.29, 0.717) is 32.0 Å². The number of carbonyl (C=O) groups excluding carboxylic acids is 2. The highest BCUT2D eigenvalue weighted by molar-refractivity contribution is 7.23. The zero-order chi connectivity index (χ0) is 28.0. The lowest BCUT2D eigenvalue weighted by atomic mass is 9.98. The number of carbonyl (C=O) groups is 2. The molecule has 1 aliphatic carbocycles. The summed E-state index contributed by atoms with van der Waals surface area (Å²) in [6, 6.07) is 2.31. The van der Waals surface area contributed by atoms with Gasteiger partial charge in [0.25, 0.3) is 0 Å². The van der Waals surface area contributed by atoms with E-state index in [0.717, 1.165) is 61.2 Å². The van der Waals surface area contributed by atoms with Gasteiger partial charge in [-0.3, -0.25) is 9.78 Å². The molecule has 11 heteroatoms. The Labute approximate surface area is 243 Å². The largest absolute Gasteiger partial charge is 0.444 e. The topological polar surface area (TPSA) is 108 Å². The van der Waals surface area contributed by atoms with Gasteiger partial charge < -0.3 is 25.6 Å². The number of hydrogen-bond acceptors (Lipinski definition) is 9. The third kappa shape index (κ3) is 5.61. The highest BCUT2D eigenvalue weighted by Crippen LogP contribution is 2.49. The fourth-order valence-corrected chi connectivity index (χ4v) is 8.73. The first kappa shape index (κ1) is 27.6. The number of thiazole rings is 1. The van der Waals surface area contributed by atoms with Gasteiger partial charge in [0.15, 0.2) is 0 Å². The van der Waals surface area contributed by atoms with Crippen LogP contribution in [-0.2, 0) is 16.0 Å². The van der Waals surface area contributed by atoms with E-state index in [-0.39, 0.29) is 18.0 Å². The molecule has 0 radical (unpaired) electrons. The number of anilines is 1. The SMILES string of the molecule is C[C@@H]1c2sc(NC(=O)CCNC3CC4CNCC4C3)c(-c3nc4cnccc4s3)c2CCN1C(=O)OC(C)(C)C. The van der Waals surface area contributed by atoms with Crippen LogP contribution in [0.5, 0.6) is 0 Å². The number of nitrogens with zero attached hydrogens (tertiary/aromatic N) is 3. The van der Waals surface area contributed by atoms with Gasteiger partial charge in [-0.1, -0.05) is 0 Å². The summed E-state index contributed by atoms with van der Waals surface area (Å²) >= 11 is 3.16. The molecule has 0 aromatic carbocycles. The number of fused-ring (bicyclic) bond motifs is 3. The van der Waals surface area contributed by atoms with E-state index >= 15 is 0 Å². The molecule has 2 unspecified atom stereocenters. The summed E-state index contributed by atoms with van der Waals surface area (Å²) in [5.41, 5.74) is 2.42. The molecular formula is C29H38N6O3S2. The van der Waals surface area contributed by atoms with Crippen LogP contribution in [0.2, 0.25) is 0 Å². The minimum Gasteiger partial charge on any atom is -0.444 e. The fourth-order valence-electron chi connectivity index (χ4n) is 6.32. The average molecular weight is 583 g/mol. The highest BCUT2D eigenvalue weighted by atomic mass is 32.1. The van der Waals surface area contributed by atoms with Crippen LogP contribution in [0.3, 0.4) is 0 Å². The van der Waals surface area contributed by atoms with Crippen LogP contribution in [-0.4, -0.2) is 64.7 Å². The number of nitrogens with one attached hydrogen (secondary N) is 3. The average Bonchev–Trinajstić information content (AvgIpc) is 3.64. The van der Waals surface area contributed by atoms with Crippen molar-refractivity contribution < 1.29 is 14.3 Å². The summed E-state index contributed by atoms with van der Waals surface area (Å²) in [6.45, 7) is 11.2. The van der Waals surface area contributed by atoms with E-state index in [2.05, 4.69) is 20.9 Å². The molecule has 6 rings (SSSR count). The van der Waals surface area contributed by atoms with Crippen molar-refractivity contribution in [2.45, 2.75) is 71.1 Å². The first-order valence-corrected chi connectivity index (χ1v) is 15.9. The Hall–Kier alpha value is -2.60. The van der Waals surface area contributed by atoms with Gasteiger partial charge in [-0.05, 0) is 83.5 Å². The molecule has 9 nitrogen and oxygen atoms in total. The summed E-state index contributed by atoms with van der Waals surface area (Å²) in [7, 11) is 0. The number of amides is 2. The van der Waals surface area contributed by atoms with Crippen molar-refractivity contribution in [3.63, 3.8) is 0 Å². The Morgan fingerprint density at radius 1 is 1.20 bits per heavy atom. The first-order valence-electron chi connectivity index (χ1n) is 14.3. The summed E-state index contributed by atoms with van der Waals surface area (Å²) in [4.78, 5) is 38.2. The fraction of sp³-hybridized carbons (Fsp3) is 0.586. The maximum Gasteiger partial charge on any atom is 0.410 e. The van der Waals surface area contributed by atoms with Crippen LogP contribution in [0.25, 0.3) is 20.8 Å². The van der Waals surface area contributed by atoms with Crippen LogP contribution in [0.4, 0.5) is 9.80 Å². The van der Waals surface area contributed by atoms with E-state index in [1.807, 2.05) is 33.8 Å². The van der Waals surface area contributed by atoms with Gasteiger partial charge in [0, 0.05) is 42.2 Å². The van der Waals surface area contributed by atoms with Gasteiger partial charge in [0.1, 0.15) is 21.1 Å². The number of thiophene rings is 1. The minimum absolute atomic E-state index is 0.00775. The molecule has 0 bridgehead atoms. The maximum atomic E-state index is 13.2. The molecule has 214 valence electrons. The molecule has 1 saturated heterocycles. The number of hydrogen-bond donors (Lipinski definition) is 3. The molecule has 3 N–H and O–H groups in total. The Balaban J connectivity index is 1.22. The molecule has 40 heavy (non-hydrogen) atoms. The predicted molar refractivity (Wildman–Crippen MR) is 160 cm³/mol. The second-order valence-corrected chi connectivity index (χ2v) is 14.3. The van der Waals surface area contributed by atoms with Crippen LogP contribution in [0.1, 0.15) is 63.4 Å². The van der Waals surface area contributed by atoms with Crippen molar-refractivity contribution in [2.75, 3.05) is 31.5 Å². The van der Waals surface area contributed by atoms with Crippen molar-refractivity contribution in [1.82, 2.24) is 25.5 Å². The predicted octanol–water partition coefficient (Wildman–Crippen LogP) is 5.19. The van der Waals surface area contributed by atoms with E-state index in [4.69, 9.17) is 9.72 Å². The molecule has 3 aliphatic rings. The van der Waals surface area contributed by atoms with Gasteiger partial charge in [0.05, 0.1) is 16.9 Å². The maximum absolute atomic E-state index is 13.2. The Bertz CT molecular complexity index is 1370. The normalized spacial score (nSPS) is 24.2. The van der Waals surface area contributed by atoms with Crippen LogP contribution >= 0.6 is 22.7 Å². The number of ether oxygens (including phenoxy) is 1. The number of pyridine rings is 1. The summed E-state index contributed by atoms with van der Waals surface area (Å²) in [5.74, 6) is 1.54. The van der Waals surface area contributed by atoms with Crippen molar-refractivity contribution in [1.29, 1.82) is 0 Å². The number of rotatable bonds is 6. The molecule has 2 aliphatic heterocycles. The Morgan fingerprint density at radius 2 is 1.98 bits per heavy atom. The van der Waals surface area contributed by atoms with E-state index < -0.39 is 5.60 Å². The summed E-state index contributed by atoms with van der Waals surface area (Å²) in [6.07, 6.45) is 6.72. The quantitative estimate of drug-likeness (QED) is 0.367. The van der Waals surface area contributed by atoms with E-state index in [1.165, 1.54) is 12.8 Å². The van der Waals surface area contributed by atoms with Crippen molar-refractivity contribution in [3.8, 4) is 10.6 Å². The number of aromatic nitrogens is 2. The lowest BCUT2D eigenvalue weighted by Crippen LogP contribution is -2.41. The molecule has 3 aromatic rings. The highest BCUT2D eigenvalue weighted by Gasteiger charge is 2.38. The molecule has 3 atom stereocenters. The van der Waals surface area contributed by atoms with Gasteiger partial charge in [0.2, 0.25) is 5.91 Å². The van der Waals surface area contributed by atoms with E-state index in [9.17, 15) is 9.59 Å². The van der Waals surface area contributed by atoms with Gasteiger partial charge in [-0.25, -0.2) is 9.78 Å². The smallest absolute Gasteiger partial charge is 0.410 e. The summed E-state index contributed by atoms with van der Waals surface area (Å²) < 4.78 is 6.75. The molecule has 5 heterocycles. The zero-order valence-electron chi connectivity index (χ0n) is 23.6. The standard InChI is InChI=1S/C29H38N6O3S2/c1-16-25-20(7-10-35(16)28(37)38-29(2,3)4)24(26-33-21-15-30-8-5-22(21)39-26)27(40-25)34-23(36)6-9-32-19-11-17-13-31-14-18(17)12-19/h5,8,15-19,31-32H,6-7,9-14H2,1-4H3,(H,34,36)/t16-,17?,18?,19?/m1/s1. The van der Waals surface area contributed by atoms with Gasteiger partial charge in [-0.2, -0.15) is 0 Å². The van der Waals surface area contributed by atoms with Crippen molar-refractivity contribution in [3.05, 3.63) is 28.9 Å².